The molecule has 6 heteroatoms. The Hall–Kier alpha value is -2.24. The van der Waals surface area contributed by atoms with Crippen LogP contribution in [0.4, 0.5) is 0 Å². The second kappa shape index (κ2) is 10.2. The van der Waals surface area contributed by atoms with Crippen LogP contribution in [0.15, 0.2) is 60.7 Å². The van der Waals surface area contributed by atoms with Gasteiger partial charge in [0.05, 0.1) is 0 Å². The van der Waals surface area contributed by atoms with Crippen LogP contribution < -0.4 is 27.6 Å². The first-order valence-corrected chi connectivity index (χ1v) is 9.10. The van der Waals surface area contributed by atoms with E-state index in [1.807, 2.05) is 67.6 Å². The first-order valence-electron chi connectivity index (χ1n) is 9.10. The smallest absolute Gasteiger partial charge is 0.365 e. The molecule has 1 fully saturated rings. The molecule has 2 aromatic carbocycles. The van der Waals surface area contributed by atoms with Gasteiger partial charge in [0.2, 0.25) is 0 Å². The molecule has 5 nitrogen and oxygen atoms in total. The van der Waals surface area contributed by atoms with E-state index in [1.54, 1.807) is 0 Å². The lowest BCUT2D eigenvalue weighted by Gasteiger charge is -2.31. The van der Waals surface area contributed by atoms with Crippen molar-refractivity contribution in [3.05, 3.63) is 60.7 Å². The third-order valence-electron chi connectivity index (χ3n) is 4.55. The first kappa shape index (κ1) is 21.1. The number of rotatable bonds is 4. The predicted octanol–water partition coefficient (Wildman–Crippen LogP) is -0.388. The number of benzene rings is 2. The Morgan fingerprint density at radius 3 is 2.07 bits per heavy atom. The van der Waals surface area contributed by atoms with Crippen LogP contribution in [-0.2, 0) is 9.53 Å². The topological polar surface area (TPSA) is 72.4 Å². The van der Waals surface area contributed by atoms with Crippen molar-refractivity contribution in [2.75, 3.05) is 0 Å². The Bertz CT molecular complexity index is 698. The zero-order valence-corrected chi connectivity index (χ0v) is 16.2. The molecule has 1 aliphatic rings. The molecule has 0 spiro atoms. The Balaban J connectivity index is 0.00000261. The monoisotopic (exact) mass is 391 g/mol. The molecule has 0 amide bonds. The molecule has 0 bridgehead atoms. The van der Waals surface area contributed by atoms with E-state index in [2.05, 4.69) is 5.73 Å². The largest absolute Gasteiger partial charge is 1.00 e. The highest BCUT2D eigenvalue weighted by Gasteiger charge is 2.36. The highest BCUT2D eigenvalue weighted by molar-refractivity contribution is 5.74. The molecule has 1 aliphatic heterocycles. The van der Waals surface area contributed by atoms with Gasteiger partial charge in [-0.15, -0.1) is 0 Å². The van der Waals surface area contributed by atoms with E-state index in [1.165, 1.54) is 0 Å². The van der Waals surface area contributed by atoms with Gasteiger partial charge in [0, 0.05) is 6.42 Å². The van der Waals surface area contributed by atoms with Crippen molar-refractivity contribution in [3.8, 4) is 11.5 Å². The average molecular weight is 392 g/mol. The van der Waals surface area contributed by atoms with E-state index < -0.39 is 12.2 Å². The van der Waals surface area contributed by atoms with Crippen molar-refractivity contribution < 1.29 is 37.1 Å². The van der Waals surface area contributed by atoms with Crippen LogP contribution >= 0.6 is 0 Å². The number of halogens is 1. The van der Waals surface area contributed by atoms with E-state index in [0.29, 0.717) is 6.42 Å². The van der Waals surface area contributed by atoms with Gasteiger partial charge in [-0.1, -0.05) is 36.4 Å². The number of hydrogen-bond donors (Lipinski definition) is 1. The maximum absolute atomic E-state index is 12.2. The van der Waals surface area contributed by atoms with Crippen molar-refractivity contribution in [2.24, 2.45) is 0 Å². The van der Waals surface area contributed by atoms with Crippen LogP contribution in [0.25, 0.3) is 0 Å². The third-order valence-corrected chi connectivity index (χ3v) is 4.55. The molecular weight excluding hydrogens is 366 g/mol. The van der Waals surface area contributed by atoms with Crippen LogP contribution in [0.3, 0.4) is 0 Å². The lowest BCUT2D eigenvalue weighted by atomic mass is 10.0. The van der Waals surface area contributed by atoms with Crippen molar-refractivity contribution in [1.29, 1.82) is 0 Å². The molecule has 27 heavy (non-hydrogen) atoms. The van der Waals surface area contributed by atoms with Gasteiger partial charge in [-0.05, 0) is 44.0 Å². The summed E-state index contributed by atoms with van der Waals surface area (Å²) in [7, 11) is 0. The van der Waals surface area contributed by atoms with Crippen molar-refractivity contribution in [3.63, 3.8) is 0 Å². The fourth-order valence-electron chi connectivity index (χ4n) is 3.12. The summed E-state index contributed by atoms with van der Waals surface area (Å²) < 4.78 is 18.1. The van der Waals surface area contributed by atoms with Crippen LogP contribution in [0.5, 0.6) is 11.5 Å². The van der Waals surface area contributed by atoms with Crippen LogP contribution in [-0.4, -0.2) is 30.3 Å². The van der Waals surface area contributed by atoms with Gasteiger partial charge in [-0.25, -0.2) is 4.79 Å². The Kier molecular flexibility index (Phi) is 7.95. The highest BCUT2D eigenvalue weighted by Crippen LogP contribution is 2.25. The summed E-state index contributed by atoms with van der Waals surface area (Å²) in [5.74, 6) is 1.23. The lowest BCUT2D eigenvalue weighted by Crippen LogP contribution is -3.00. The SMILES string of the molecule is C[C@@H]1OC(=O)[C@@H]([NH3+])CCC[C@H](Oc2ccccc2)[C@H]1Oc1ccccc1.[Cl-]. The number of quaternary nitrogens is 1. The van der Waals surface area contributed by atoms with Gasteiger partial charge in [-0.3, -0.25) is 0 Å². The maximum atomic E-state index is 12.2. The number of carbonyl (C=O) groups excluding carboxylic acids is 1. The number of carbonyl (C=O) groups is 1. The fourth-order valence-corrected chi connectivity index (χ4v) is 3.12. The molecule has 0 aliphatic carbocycles. The third kappa shape index (κ3) is 5.88. The zero-order chi connectivity index (χ0) is 18.4. The summed E-state index contributed by atoms with van der Waals surface area (Å²) in [5, 5.41) is 0. The Labute approximate surface area is 166 Å². The van der Waals surface area contributed by atoms with Gasteiger partial charge >= 0.3 is 5.97 Å². The molecule has 1 heterocycles. The Morgan fingerprint density at radius 1 is 0.926 bits per heavy atom. The summed E-state index contributed by atoms with van der Waals surface area (Å²) in [6.07, 6.45) is 1.18. The molecule has 0 saturated carbocycles. The minimum absolute atomic E-state index is 0. The summed E-state index contributed by atoms with van der Waals surface area (Å²) in [6.45, 7) is 1.85. The second-order valence-electron chi connectivity index (χ2n) is 6.63. The predicted molar refractivity (Wildman–Crippen MR) is 97.8 cm³/mol. The zero-order valence-electron chi connectivity index (χ0n) is 15.4. The molecule has 146 valence electrons. The minimum Gasteiger partial charge on any atom is -1.00 e. The molecule has 0 aromatic heterocycles. The van der Waals surface area contributed by atoms with Gasteiger partial charge in [0.25, 0.3) is 0 Å². The molecule has 3 rings (SSSR count). The van der Waals surface area contributed by atoms with Crippen LogP contribution in [0.2, 0.25) is 0 Å². The molecule has 4 atom stereocenters. The molecule has 0 unspecified atom stereocenters. The molecule has 1 saturated heterocycles. The maximum Gasteiger partial charge on any atom is 0.365 e. The Morgan fingerprint density at radius 2 is 1.48 bits per heavy atom. The minimum atomic E-state index is -0.446. The number of hydrogen-bond acceptors (Lipinski definition) is 4. The standard InChI is InChI=1S/C21H25NO4.ClH/c1-15-20(26-17-11-6-3-7-12-17)19(25-16-9-4-2-5-10-16)14-8-13-18(22)21(23)24-15;/h2-7,9-12,15,18-20H,8,13-14,22H2,1H3;1H/t15-,18-,19-,20-;/m0./s1. The van der Waals surface area contributed by atoms with E-state index >= 15 is 0 Å². The molecule has 3 N–H and O–H groups in total. The van der Waals surface area contributed by atoms with E-state index in [4.69, 9.17) is 14.2 Å². The van der Waals surface area contributed by atoms with E-state index in [-0.39, 0.29) is 30.5 Å². The average Bonchev–Trinajstić information content (AvgIpc) is 2.70. The highest BCUT2D eigenvalue weighted by atomic mass is 35.5. The fraction of sp³-hybridized carbons (Fsp3) is 0.381. The molecular formula is C21H26ClNO4. The van der Waals surface area contributed by atoms with E-state index in [9.17, 15) is 4.79 Å². The van der Waals surface area contributed by atoms with Crippen LogP contribution in [0, 0.1) is 0 Å². The second-order valence-corrected chi connectivity index (χ2v) is 6.63. The van der Waals surface area contributed by atoms with Gasteiger partial charge in [0.1, 0.15) is 23.7 Å². The molecule has 2 aromatic rings. The van der Waals surface area contributed by atoms with Crippen molar-refractivity contribution >= 4 is 5.97 Å². The summed E-state index contributed by atoms with van der Waals surface area (Å²) >= 11 is 0. The number of para-hydroxylation sites is 2. The van der Waals surface area contributed by atoms with Gasteiger partial charge in [0.15, 0.2) is 12.1 Å². The summed E-state index contributed by atoms with van der Waals surface area (Å²) in [5.41, 5.74) is 3.92. The van der Waals surface area contributed by atoms with Gasteiger partial charge in [-0.2, -0.15) is 0 Å². The quantitative estimate of drug-likeness (QED) is 0.721. The van der Waals surface area contributed by atoms with Gasteiger partial charge < -0.3 is 32.4 Å². The molecule has 0 radical (unpaired) electrons. The number of esters is 1. The number of cyclic esters (lactones) is 1. The van der Waals surface area contributed by atoms with Crippen LogP contribution in [0.1, 0.15) is 26.2 Å². The summed E-state index contributed by atoms with van der Waals surface area (Å²) in [4.78, 5) is 12.2. The normalized spacial score (nSPS) is 25.8. The van der Waals surface area contributed by atoms with E-state index in [0.717, 1.165) is 24.3 Å². The first-order chi connectivity index (χ1) is 12.6. The number of ether oxygens (including phenoxy) is 3. The van der Waals surface area contributed by atoms with Crippen molar-refractivity contribution in [1.82, 2.24) is 0 Å². The lowest BCUT2D eigenvalue weighted by molar-refractivity contribution is -0.410. The van der Waals surface area contributed by atoms with Crippen molar-refractivity contribution in [2.45, 2.75) is 50.5 Å². The summed E-state index contributed by atoms with van der Waals surface area (Å²) in [6, 6.07) is 18.9.